The fraction of sp³-hybridized carbons (Fsp3) is 0. The van der Waals surface area contributed by atoms with Gasteiger partial charge >= 0.3 is 5.97 Å². The minimum atomic E-state index is -1.01. The van der Waals surface area contributed by atoms with Crippen LogP contribution in [0.25, 0.3) is 6.08 Å². The largest absolute Gasteiger partial charge is 0.478 e. The highest BCUT2D eigenvalue weighted by Gasteiger charge is 2.07. The molecule has 0 heterocycles. The zero-order valence-electron chi connectivity index (χ0n) is 7.11. The van der Waals surface area contributed by atoms with E-state index in [4.69, 9.17) is 5.11 Å². The molecule has 1 aromatic rings. The van der Waals surface area contributed by atoms with Gasteiger partial charge in [0.15, 0.2) is 0 Å². The summed E-state index contributed by atoms with van der Waals surface area (Å²) in [6, 6.07) is 4.77. The number of hydrogen-bond donors (Lipinski definition) is 1. The Morgan fingerprint density at radius 3 is 2.71 bits per heavy atom. The van der Waals surface area contributed by atoms with Gasteiger partial charge in [0, 0.05) is 4.47 Å². The normalized spacial score (nSPS) is 10.4. The predicted molar refractivity (Wildman–Crippen MR) is 56.2 cm³/mol. The minimum absolute atomic E-state index is 0.173. The van der Waals surface area contributed by atoms with Gasteiger partial charge in [-0.25, -0.2) is 4.79 Å². The number of aromatic carboxylic acids is 1. The molecule has 0 spiro atoms. The Balaban J connectivity index is 3.22. The molecular weight excluding hydrogens is 248 g/mol. The van der Waals surface area contributed by atoms with Crippen molar-refractivity contribution in [2.45, 2.75) is 0 Å². The SMILES string of the molecule is O=CC=Cc1cc(Br)ccc1C(=O)O. The van der Waals surface area contributed by atoms with Crippen LogP contribution in [0.3, 0.4) is 0 Å². The standard InChI is InChI=1S/C10H7BrO3/c11-8-3-4-9(10(13)14)7(6-8)2-1-5-12/h1-6H,(H,13,14). The number of benzene rings is 1. The number of allylic oxidation sites excluding steroid dienone is 1. The van der Waals surface area contributed by atoms with E-state index in [0.717, 1.165) is 4.47 Å². The van der Waals surface area contributed by atoms with Crippen molar-refractivity contribution in [2.24, 2.45) is 0 Å². The van der Waals surface area contributed by atoms with Crippen molar-refractivity contribution in [3.05, 3.63) is 39.9 Å². The lowest BCUT2D eigenvalue weighted by atomic mass is 10.1. The Labute approximate surface area is 89.2 Å². The molecule has 0 saturated heterocycles. The van der Waals surface area contributed by atoms with E-state index in [-0.39, 0.29) is 5.56 Å². The molecule has 0 radical (unpaired) electrons. The average molecular weight is 255 g/mol. The van der Waals surface area contributed by atoms with Crippen LogP contribution in [0.2, 0.25) is 0 Å². The van der Waals surface area contributed by atoms with Crippen LogP contribution in [0.4, 0.5) is 0 Å². The van der Waals surface area contributed by atoms with Crippen molar-refractivity contribution in [3.63, 3.8) is 0 Å². The van der Waals surface area contributed by atoms with Crippen molar-refractivity contribution in [3.8, 4) is 0 Å². The predicted octanol–water partition coefficient (Wildman–Crippen LogP) is 2.36. The van der Waals surface area contributed by atoms with Gasteiger partial charge in [-0.2, -0.15) is 0 Å². The maximum absolute atomic E-state index is 10.8. The summed E-state index contributed by atoms with van der Waals surface area (Å²) in [7, 11) is 0. The lowest BCUT2D eigenvalue weighted by Crippen LogP contribution is -1.98. The molecule has 0 aliphatic carbocycles. The third-order valence-electron chi connectivity index (χ3n) is 1.60. The van der Waals surface area contributed by atoms with Crippen LogP contribution < -0.4 is 0 Å². The first-order valence-electron chi connectivity index (χ1n) is 3.80. The Hall–Kier alpha value is -1.42. The molecule has 4 heteroatoms. The van der Waals surface area contributed by atoms with Gasteiger partial charge in [0.1, 0.15) is 6.29 Å². The lowest BCUT2D eigenvalue weighted by molar-refractivity contribution is -0.104. The van der Waals surface area contributed by atoms with Crippen LogP contribution in [0.15, 0.2) is 28.7 Å². The quantitative estimate of drug-likeness (QED) is 0.666. The second-order valence-corrected chi connectivity index (χ2v) is 3.45. The van der Waals surface area contributed by atoms with Crippen LogP contribution in [-0.4, -0.2) is 17.4 Å². The van der Waals surface area contributed by atoms with E-state index >= 15 is 0 Å². The first-order chi connectivity index (χ1) is 6.65. The van der Waals surface area contributed by atoms with Gasteiger partial charge in [-0.15, -0.1) is 0 Å². The van der Waals surface area contributed by atoms with Crippen LogP contribution in [0, 0.1) is 0 Å². The summed E-state index contributed by atoms with van der Waals surface area (Å²) in [4.78, 5) is 20.9. The molecule has 0 atom stereocenters. The molecule has 0 bridgehead atoms. The number of hydrogen-bond acceptors (Lipinski definition) is 2. The molecule has 1 N–H and O–H groups in total. The molecule has 1 rings (SSSR count). The highest BCUT2D eigenvalue weighted by atomic mass is 79.9. The second-order valence-electron chi connectivity index (χ2n) is 2.53. The third-order valence-corrected chi connectivity index (χ3v) is 2.09. The summed E-state index contributed by atoms with van der Waals surface area (Å²) in [5.41, 5.74) is 0.672. The Morgan fingerprint density at radius 1 is 1.43 bits per heavy atom. The molecule has 0 aliphatic rings. The number of carbonyl (C=O) groups excluding carboxylic acids is 1. The molecule has 3 nitrogen and oxygen atoms in total. The van der Waals surface area contributed by atoms with Gasteiger partial charge < -0.3 is 5.11 Å². The highest BCUT2D eigenvalue weighted by molar-refractivity contribution is 9.10. The van der Waals surface area contributed by atoms with Crippen LogP contribution >= 0.6 is 15.9 Å². The third kappa shape index (κ3) is 2.53. The molecule has 1 aromatic carbocycles. The summed E-state index contributed by atoms with van der Waals surface area (Å²) in [6.07, 6.45) is 3.32. The summed E-state index contributed by atoms with van der Waals surface area (Å²) >= 11 is 3.22. The molecule has 14 heavy (non-hydrogen) atoms. The number of carboxylic acid groups (broad SMARTS) is 1. The van der Waals surface area contributed by atoms with Crippen molar-refractivity contribution in [2.75, 3.05) is 0 Å². The molecule has 0 fully saturated rings. The fourth-order valence-electron chi connectivity index (χ4n) is 1.01. The first kappa shape index (κ1) is 10.7. The van der Waals surface area contributed by atoms with Gasteiger partial charge in [-0.05, 0) is 29.8 Å². The molecular formula is C10H7BrO3. The van der Waals surface area contributed by atoms with E-state index < -0.39 is 5.97 Å². The molecule has 0 aliphatic heterocycles. The smallest absolute Gasteiger partial charge is 0.336 e. The fourth-order valence-corrected chi connectivity index (χ4v) is 1.39. The molecule has 0 amide bonds. The number of carboxylic acids is 1. The Morgan fingerprint density at radius 2 is 2.14 bits per heavy atom. The average Bonchev–Trinajstić information content (AvgIpc) is 2.14. The van der Waals surface area contributed by atoms with Gasteiger partial charge in [0.2, 0.25) is 0 Å². The van der Waals surface area contributed by atoms with Gasteiger partial charge in [0.05, 0.1) is 5.56 Å². The van der Waals surface area contributed by atoms with Crippen molar-refractivity contribution < 1.29 is 14.7 Å². The van der Waals surface area contributed by atoms with E-state index in [9.17, 15) is 9.59 Å². The van der Waals surface area contributed by atoms with E-state index in [2.05, 4.69) is 15.9 Å². The molecule has 0 aromatic heterocycles. The number of aldehydes is 1. The van der Waals surface area contributed by atoms with Crippen molar-refractivity contribution in [1.29, 1.82) is 0 Å². The maximum Gasteiger partial charge on any atom is 0.336 e. The van der Waals surface area contributed by atoms with Crippen molar-refractivity contribution in [1.82, 2.24) is 0 Å². The zero-order chi connectivity index (χ0) is 10.6. The first-order valence-corrected chi connectivity index (χ1v) is 4.59. The zero-order valence-corrected chi connectivity index (χ0v) is 8.69. The number of rotatable bonds is 3. The van der Waals surface area contributed by atoms with E-state index in [1.807, 2.05) is 0 Å². The highest BCUT2D eigenvalue weighted by Crippen LogP contribution is 2.17. The van der Waals surface area contributed by atoms with Crippen LogP contribution in [-0.2, 0) is 4.79 Å². The molecule has 72 valence electrons. The molecule has 0 saturated carbocycles. The van der Waals surface area contributed by atoms with E-state index in [0.29, 0.717) is 11.8 Å². The lowest BCUT2D eigenvalue weighted by Gasteiger charge is -2.00. The summed E-state index contributed by atoms with van der Waals surface area (Å²) in [6.45, 7) is 0. The minimum Gasteiger partial charge on any atom is -0.478 e. The van der Waals surface area contributed by atoms with Gasteiger partial charge in [-0.1, -0.05) is 22.0 Å². The summed E-state index contributed by atoms with van der Waals surface area (Å²) < 4.78 is 0.771. The van der Waals surface area contributed by atoms with Crippen molar-refractivity contribution >= 4 is 34.3 Å². The summed E-state index contributed by atoms with van der Waals surface area (Å²) in [5.74, 6) is -1.01. The second kappa shape index (κ2) is 4.72. The summed E-state index contributed by atoms with van der Waals surface area (Å²) in [5, 5.41) is 8.82. The van der Waals surface area contributed by atoms with Crippen LogP contribution in [0.1, 0.15) is 15.9 Å². The van der Waals surface area contributed by atoms with E-state index in [1.54, 1.807) is 12.1 Å². The van der Waals surface area contributed by atoms with Crippen LogP contribution in [0.5, 0.6) is 0 Å². The Kier molecular flexibility index (Phi) is 3.59. The Bertz CT molecular complexity index is 396. The van der Waals surface area contributed by atoms with Gasteiger partial charge in [0.25, 0.3) is 0 Å². The van der Waals surface area contributed by atoms with Gasteiger partial charge in [-0.3, -0.25) is 4.79 Å². The molecule has 0 unspecified atom stereocenters. The number of halogens is 1. The topological polar surface area (TPSA) is 54.4 Å². The van der Waals surface area contributed by atoms with E-state index in [1.165, 1.54) is 18.2 Å². The maximum atomic E-state index is 10.8. The number of carbonyl (C=O) groups is 2. The monoisotopic (exact) mass is 254 g/mol.